The lowest BCUT2D eigenvalue weighted by Gasteiger charge is -2.41. The van der Waals surface area contributed by atoms with Crippen LogP contribution in [0.3, 0.4) is 0 Å². The van der Waals surface area contributed by atoms with E-state index in [4.69, 9.17) is 33.2 Å². The number of nitrogens with one attached hydrogen (secondary N) is 3. The van der Waals surface area contributed by atoms with Crippen molar-refractivity contribution in [3.63, 3.8) is 0 Å². The second-order valence-corrected chi connectivity index (χ2v) is 40.2. The summed E-state index contributed by atoms with van der Waals surface area (Å²) in [4.78, 5) is 115. The van der Waals surface area contributed by atoms with E-state index in [1.165, 1.54) is 61.0 Å². The minimum Gasteiger partial charge on any atom is -0.493 e. The Hall–Kier alpha value is -10.7. The summed E-state index contributed by atoms with van der Waals surface area (Å²) in [5.41, 5.74) is 6.46. The van der Waals surface area contributed by atoms with Gasteiger partial charge in [-0.2, -0.15) is 0 Å². The van der Waals surface area contributed by atoms with Gasteiger partial charge in [0.15, 0.2) is 34.5 Å². The number of anilines is 3. The van der Waals surface area contributed by atoms with Crippen LogP contribution in [0, 0.1) is 0 Å². The summed E-state index contributed by atoms with van der Waals surface area (Å²) < 4.78 is 94.7. The Bertz CT molecular complexity index is 5550. The molecule has 15 rings (SSSR count). The molecule has 6 aromatic carbocycles. The first-order valence-corrected chi connectivity index (χ1v) is 49.5. The molecule has 130 heavy (non-hydrogen) atoms. The van der Waals surface area contributed by atoms with Gasteiger partial charge in [-0.1, -0.05) is 74.7 Å². The molecule has 1 aliphatic carbocycles. The molecule has 7 amide bonds. The van der Waals surface area contributed by atoms with Crippen LogP contribution in [0.15, 0.2) is 153 Å². The number of piperazine rings is 3. The normalized spacial score (nSPS) is 17.2. The van der Waals surface area contributed by atoms with E-state index < -0.39 is 49.9 Å². The van der Waals surface area contributed by atoms with E-state index in [1.807, 2.05) is 54.6 Å². The first kappa shape index (κ1) is 96.9. The predicted octanol–water partition coefficient (Wildman–Crippen LogP) is 14.2. The third-order valence-electron chi connectivity index (χ3n) is 25.1. The highest BCUT2D eigenvalue weighted by atomic mass is 32.3. The van der Waals surface area contributed by atoms with E-state index in [1.54, 1.807) is 139 Å². The number of fused-ring (bicyclic) bond motifs is 3. The Morgan fingerprint density at radius 3 is 1.12 bits per heavy atom. The van der Waals surface area contributed by atoms with Gasteiger partial charge in [0.1, 0.15) is 14.0 Å². The van der Waals surface area contributed by atoms with Crippen molar-refractivity contribution in [1.29, 1.82) is 0 Å². The topological polar surface area (TPSA) is 318 Å². The number of carbonyl (C=O) groups is 7. The zero-order chi connectivity index (χ0) is 92.7. The molecule has 0 bridgehead atoms. The Morgan fingerprint density at radius 2 is 0.785 bits per heavy atom. The molecule has 3 atom stereocenters. The van der Waals surface area contributed by atoms with Gasteiger partial charge < -0.3 is 58.1 Å². The molecule has 8 heterocycles. The maximum atomic E-state index is 14.3. The summed E-state index contributed by atoms with van der Waals surface area (Å²) in [6.45, 7) is 23.7. The third-order valence-corrected chi connectivity index (χ3v) is 30.8. The number of alkyl carbamates (subject to hydrolysis) is 1. The maximum absolute atomic E-state index is 14.3. The second kappa shape index (κ2) is 43.6. The van der Waals surface area contributed by atoms with E-state index in [0.29, 0.717) is 136 Å². The minimum atomic E-state index is -3.64. The van der Waals surface area contributed by atoms with Gasteiger partial charge >= 0.3 is 6.09 Å². The van der Waals surface area contributed by atoms with Crippen LogP contribution in [0.5, 0.6) is 34.5 Å². The number of amides is 7. The van der Waals surface area contributed by atoms with Crippen molar-refractivity contribution in [2.75, 3.05) is 162 Å². The number of benzene rings is 6. The van der Waals surface area contributed by atoms with Crippen molar-refractivity contribution in [2.45, 2.75) is 156 Å². The van der Waals surface area contributed by atoms with Crippen molar-refractivity contribution < 1.29 is 83.6 Å². The van der Waals surface area contributed by atoms with E-state index in [-0.39, 0.29) is 57.0 Å². The molecule has 7 aliphatic rings. The van der Waals surface area contributed by atoms with Crippen molar-refractivity contribution in [2.24, 2.45) is 0 Å². The molecule has 30 nitrogen and oxygen atoms in total. The van der Waals surface area contributed by atoms with Gasteiger partial charge in [0.2, 0.25) is 20.0 Å². The molecule has 3 saturated heterocycles. The molecule has 3 N–H and O–H groups in total. The molecule has 0 radical (unpaired) electrons. The largest absolute Gasteiger partial charge is 0.493 e. The molecule has 34 heteroatoms. The quantitative estimate of drug-likeness (QED) is 0.0249. The van der Waals surface area contributed by atoms with Gasteiger partial charge in [-0.15, -0.1) is 22.7 Å². The molecular weight excluding hydrogens is 1740 g/mol. The summed E-state index contributed by atoms with van der Waals surface area (Å²) >= 11 is 2.30. The molecule has 0 unspecified atom stereocenters. The van der Waals surface area contributed by atoms with Gasteiger partial charge in [-0.25, -0.2) is 31.1 Å². The van der Waals surface area contributed by atoms with Gasteiger partial charge in [0, 0.05) is 110 Å². The van der Waals surface area contributed by atoms with Crippen molar-refractivity contribution in [3.8, 4) is 34.5 Å². The summed E-state index contributed by atoms with van der Waals surface area (Å²) in [7, 11) is 2.00. The number of hydrogen-bond acceptors (Lipinski definition) is 26. The lowest BCUT2D eigenvalue weighted by molar-refractivity contribution is 0.0509. The Morgan fingerprint density at radius 1 is 0.431 bits per heavy atom. The first-order valence-electron chi connectivity index (χ1n) is 44.7. The van der Waals surface area contributed by atoms with Crippen LogP contribution in [0.25, 0.3) is 0 Å². The lowest BCUT2D eigenvalue weighted by atomic mass is 9.93. The predicted molar refractivity (Wildman–Crippen MR) is 503 cm³/mol. The Kier molecular flexibility index (Phi) is 32.5. The fourth-order valence-corrected chi connectivity index (χ4v) is 22.6. The summed E-state index contributed by atoms with van der Waals surface area (Å²) in [5.74, 6) is 1.07. The van der Waals surface area contributed by atoms with Gasteiger partial charge in [-0.3, -0.25) is 53.3 Å². The number of rotatable bonds is 34. The summed E-state index contributed by atoms with van der Waals surface area (Å²) in [6.07, 6.45) is 8.36. The highest BCUT2D eigenvalue weighted by molar-refractivity contribution is 7.91. The highest BCUT2D eigenvalue weighted by Gasteiger charge is 2.47. The lowest BCUT2D eigenvalue weighted by Crippen LogP contribution is -2.51. The number of ether oxygens (including phenoxy) is 7. The average Bonchev–Trinajstić information content (AvgIpc) is 1.60. The molecule has 2 aromatic heterocycles. The van der Waals surface area contributed by atoms with Crippen LogP contribution in [0.1, 0.15) is 209 Å². The Balaban J connectivity index is 0.000000167. The number of sulfonamides is 2. The molecular formula is C96H122N12O18S4. The maximum Gasteiger partial charge on any atom is 0.407 e. The first-order chi connectivity index (χ1) is 62.5. The molecule has 0 spiro atoms. The number of likely N-dealkylation sites (N-methyl/N-ethyl adjacent to an activating group) is 1. The Labute approximate surface area is 771 Å². The number of thiophene rings is 2. The van der Waals surface area contributed by atoms with Crippen LogP contribution < -0.4 is 57.9 Å². The van der Waals surface area contributed by atoms with E-state index >= 15 is 0 Å². The second-order valence-electron chi connectivity index (χ2n) is 34.3. The van der Waals surface area contributed by atoms with E-state index in [9.17, 15) is 50.4 Å². The van der Waals surface area contributed by atoms with Crippen LogP contribution in [0.2, 0.25) is 0 Å². The minimum absolute atomic E-state index is 0.151. The van der Waals surface area contributed by atoms with E-state index in [0.717, 1.165) is 130 Å². The molecule has 4 fully saturated rings. The zero-order valence-corrected chi connectivity index (χ0v) is 79.6. The summed E-state index contributed by atoms with van der Waals surface area (Å²) in [5, 5.41) is 6.20. The fourth-order valence-electron chi connectivity index (χ4n) is 18.3. The number of imide groups is 3. The average molecular weight is 1860 g/mol. The van der Waals surface area contributed by atoms with Gasteiger partial charge in [0.25, 0.3) is 35.4 Å². The van der Waals surface area contributed by atoms with E-state index in [2.05, 4.69) is 64.9 Å². The van der Waals surface area contributed by atoms with Gasteiger partial charge in [0.05, 0.1) is 111 Å². The number of nitrogens with zero attached hydrogens (tertiary/aromatic N) is 9. The van der Waals surface area contributed by atoms with Crippen LogP contribution in [-0.4, -0.2) is 253 Å². The molecule has 698 valence electrons. The monoisotopic (exact) mass is 1860 g/mol. The number of hydrogen-bond donors (Lipinski definition) is 3. The standard InChI is InChI=1S/C34H42N4O6S2.C31H38N4O6S2.C31H42N4O6/c1-43-29-16-15-24(23-30(29)44-2)27(13-7-17-35-46(41,42)31-14-8-22-45-31)38-33(39)26-11-6-12-28(32(26)34(38)40)37-20-18-36(19-21-37)25-9-4-3-5-10-25;1-21(2)33-15-17-34(18-16-33)25-9-5-8-23-29(25)31(37)35(30(23)36)24(22-12-13-26(40-3)27(20-22)41-4)10-6-14-32-43(38,39)28-11-7-19-42-28;1-7-33-16-18-34(19-17-33)24-11-8-10-22-27(24)29(37)35(28(22)36)23(12-9-15-32-30(38)41-31(2,3)4)21-13-14-25(39-5)26(20-21)40-6/h6,8,11-12,14-16,22-23,25,27,35H,3-5,7,9-10,13,17-21H2,1-2H3;5,7-9,11-13,19-21,24,32H,6,10,14-18H2,1-4H3;8,10-11,13-14,20,23H,7,9,12,15-19H2,1-6H3,(H,32,38)/t27-;24-;23-/m111/s1. The van der Waals surface area contributed by atoms with Crippen molar-refractivity contribution in [1.82, 2.24) is 44.2 Å². The smallest absolute Gasteiger partial charge is 0.407 e. The SMILES string of the molecule is CCN1CCN(c2cccc3c2C(=O)N([C@H](CCCNC(=O)OC(C)(C)C)c2ccc(OC)c(OC)c2)C3=O)CC1.COc1ccc([C@@H](CCCNS(=O)(=O)c2cccs2)N2C(=O)c3cccc(N4CCN(C(C)C)CC4)c3C2=O)cc1OC.COc1ccc([C@@H](CCCNS(=O)(=O)c2cccs2)N2C(=O)c3cccc(N4CCN(C5CCCCC5)CC4)c3C2=O)cc1OC. The molecule has 8 aromatic rings. The fraction of sp³-hybridized carbons (Fsp3) is 0.469. The van der Waals surface area contributed by atoms with Crippen molar-refractivity contribution >= 4 is 101 Å². The van der Waals surface area contributed by atoms with Crippen LogP contribution in [0.4, 0.5) is 21.9 Å². The van der Waals surface area contributed by atoms with Crippen molar-refractivity contribution in [3.05, 3.63) is 194 Å². The van der Waals surface area contributed by atoms with Gasteiger partial charge in [-0.05, 0) is 205 Å². The summed E-state index contributed by atoms with van der Waals surface area (Å²) in [6, 6.07) is 38.4. The number of methoxy groups -OCH3 is 6. The van der Waals surface area contributed by atoms with Crippen LogP contribution in [-0.2, 0) is 24.8 Å². The third kappa shape index (κ3) is 22.0. The van der Waals surface area contributed by atoms with Crippen LogP contribution >= 0.6 is 22.7 Å². The molecule has 1 saturated carbocycles. The molecule has 6 aliphatic heterocycles. The highest BCUT2D eigenvalue weighted by Crippen LogP contribution is 2.46. The number of carbonyl (C=O) groups excluding carboxylic acids is 7. The zero-order valence-electron chi connectivity index (χ0n) is 76.3.